The number of aromatic nitrogens is 2. The van der Waals surface area contributed by atoms with Gasteiger partial charge in [0.1, 0.15) is 16.5 Å². The molecule has 0 aliphatic carbocycles. The van der Waals surface area contributed by atoms with E-state index in [9.17, 15) is 12.8 Å². The molecule has 0 fully saturated rings. The van der Waals surface area contributed by atoms with Gasteiger partial charge in [-0.2, -0.15) is 5.10 Å². The lowest BCUT2D eigenvalue weighted by Gasteiger charge is -2.15. The van der Waals surface area contributed by atoms with Crippen LogP contribution in [0, 0.1) is 5.82 Å². The Morgan fingerprint density at radius 1 is 1.24 bits per heavy atom. The fraction of sp³-hybridized carbons (Fsp3) is 0.250. The van der Waals surface area contributed by atoms with Crippen molar-refractivity contribution in [3.8, 4) is 22.8 Å². The Hall–Kier alpha value is -2.29. The molecular weight excluding hydrogens is 301 g/mol. The number of halogens is 1. The standard InChI is InChI=1S/C12H14FN3O4S/c1-19-10-6(8-5-9(14)16-15-8)4-7(13)12(11(10)20-2)21(3,17)18/h4-5H,1-3H3,(H3,14,15,16). The van der Waals surface area contributed by atoms with E-state index in [0.717, 1.165) is 12.3 Å². The summed E-state index contributed by atoms with van der Waals surface area (Å²) >= 11 is 0. The number of methoxy groups -OCH3 is 2. The summed E-state index contributed by atoms with van der Waals surface area (Å²) in [7, 11) is -1.28. The molecule has 21 heavy (non-hydrogen) atoms. The lowest BCUT2D eigenvalue weighted by molar-refractivity contribution is 0.343. The summed E-state index contributed by atoms with van der Waals surface area (Å²) in [5.41, 5.74) is 6.14. The minimum absolute atomic E-state index is 0.0722. The minimum Gasteiger partial charge on any atom is -0.492 e. The van der Waals surface area contributed by atoms with E-state index in [1.165, 1.54) is 20.3 Å². The van der Waals surface area contributed by atoms with E-state index in [0.29, 0.717) is 5.69 Å². The van der Waals surface area contributed by atoms with E-state index in [-0.39, 0.29) is 22.9 Å². The van der Waals surface area contributed by atoms with E-state index in [4.69, 9.17) is 15.2 Å². The van der Waals surface area contributed by atoms with Crippen LogP contribution in [0.15, 0.2) is 17.0 Å². The van der Waals surface area contributed by atoms with Gasteiger partial charge in [0.2, 0.25) is 0 Å². The molecule has 0 aliphatic rings. The maximum atomic E-state index is 14.2. The topological polar surface area (TPSA) is 107 Å². The van der Waals surface area contributed by atoms with Crippen molar-refractivity contribution in [1.82, 2.24) is 10.2 Å². The first-order valence-corrected chi connectivity index (χ1v) is 7.64. The first-order chi connectivity index (χ1) is 9.79. The van der Waals surface area contributed by atoms with E-state index in [1.807, 2.05) is 0 Å². The fourth-order valence-electron chi connectivity index (χ4n) is 2.00. The van der Waals surface area contributed by atoms with Gasteiger partial charge in [-0.05, 0) is 6.07 Å². The number of anilines is 1. The number of H-pyrrole nitrogens is 1. The number of nitrogens with zero attached hydrogens (tertiary/aromatic N) is 1. The summed E-state index contributed by atoms with van der Waals surface area (Å²) in [6, 6.07) is 2.50. The molecule has 0 aliphatic heterocycles. The second-order valence-corrected chi connectivity index (χ2v) is 6.23. The minimum atomic E-state index is -3.83. The Morgan fingerprint density at radius 2 is 1.86 bits per heavy atom. The molecule has 9 heteroatoms. The number of sulfone groups is 1. The van der Waals surface area contributed by atoms with Gasteiger partial charge in [0, 0.05) is 17.9 Å². The van der Waals surface area contributed by atoms with Gasteiger partial charge in [-0.3, -0.25) is 5.10 Å². The molecule has 1 heterocycles. The Balaban J connectivity index is 2.84. The van der Waals surface area contributed by atoms with Crippen LogP contribution in [0.4, 0.5) is 10.2 Å². The number of aromatic amines is 1. The number of ether oxygens (including phenoxy) is 2. The van der Waals surface area contributed by atoms with Gasteiger partial charge in [0.25, 0.3) is 0 Å². The number of hydrogen-bond acceptors (Lipinski definition) is 6. The zero-order chi connectivity index (χ0) is 15.8. The first kappa shape index (κ1) is 15.1. The Kier molecular flexibility index (Phi) is 3.77. The highest BCUT2D eigenvalue weighted by Crippen LogP contribution is 2.43. The monoisotopic (exact) mass is 315 g/mol. The van der Waals surface area contributed by atoms with Gasteiger partial charge in [-0.15, -0.1) is 0 Å². The molecule has 7 nitrogen and oxygen atoms in total. The smallest absolute Gasteiger partial charge is 0.183 e. The second kappa shape index (κ2) is 5.24. The Morgan fingerprint density at radius 3 is 2.29 bits per heavy atom. The molecule has 0 bridgehead atoms. The largest absolute Gasteiger partial charge is 0.492 e. The molecule has 0 unspecified atom stereocenters. The summed E-state index contributed by atoms with van der Waals surface area (Å²) in [6.07, 6.45) is 0.890. The third-order valence-electron chi connectivity index (χ3n) is 2.81. The van der Waals surface area contributed by atoms with Crippen LogP contribution in [0.3, 0.4) is 0 Å². The maximum absolute atomic E-state index is 14.2. The molecular formula is C12H14FN3O4S. The molecule has 2 aromatic rings. The molecule has 0 amide bonds. The normalized spacial score (nSPS) is 11.4. The van der Waals surface area contributed by atoms with Gasteiger partial charge in [0.15, 0.2) is 21.3 Å². The van der Waals surface area contributed by atoms with Crippen molar-refractivity contribution >= 4 is 15.7 Å². The summed E-state index contributed by atoms with van der Waals surface area (Å²) in [4.78, 5) is -0.557. The van der Waals surface area contributed by atoms with Gasteiger partial charge in [-0.1, -0.05) is 0 Å². The lowest BCUT2D eigenvalue weighted by Crippen LogP contribution is -2.07. The SMILES string of the molecule is COc1c(-c2cc(N)n[nH]2)cc(F)c(S(C)(=O)=O)c1OC. The van der Waals surface area contributed by atoms with Gasteiger partial charge < -0.3 is 15.2 Å². The third kappa shape index (κ3) is 2.64. The Labute approximate surface area is 120 Å². The van der Waals surface area contributed by atoms with E-state index in [2.05, 4.69) is 10.2 Å². The number of nitrogen functional groups attached to an aromatic ring is 1. The van der Waals surface area contributed by atoms with Crippen molar-refractivity contribution < 1.29 is 22.3 Å². The van der Waals surface area contributed by atoms with Crippen molar-refractivity contribution in [2.24, 2.45) is 0 Å². The average molecular weight is 315 g/mol. The average Bonchev–Trinajstić information content (AvgIpc) is 2.82. The predicted octanol–water partition coefficient (Wildman–Crippen LogP) is 1.22. The molecule has 0 radical (unpaired) electrons. The second-order valence-electron chi connectivity index (χ2n) is 4.28. The quantitative estimate of drug-likeness (QED) is 0.878. The van der Waals surface area contributed by atoms with E-state index in [1.54, 1.807) is 0 Å². The van der Waals surface area contributed by atoms with Gasteiger partial charge >= 0.3 is 0 Å². The van der Waals surface area contributed by atoms with Crippen LogP contribution in [0.25, 0.3) is 11.3 Å². The van der Waals surface area contributed by atoms with Crippen molar-refractivity contribution in [2.45, 2.75) is 4.90 Å². The van der Waals surface area contributed by atoms with Crippen LogP contribution in [0.1, 0.15) is 0 Å². The molecule has 1 aromatic heterocycles. The number of benzene rings is 1. The molecule has 3 N–H and O–H groups in total. The predicted molar refractivity (Wildman–Crippen MR) is 74.6 cm³/mol. The van der Waals surface area contributed by atoms with Crippen LogP contribution in [-0.4, -0.2) is 39.1 Å². The van der Waals surface area contributed by atoms with Crippen LogP contribution in [-0.2, 0) is 9.84 Å². The summed E-state index contributed by atoms with van der Waals surface area (Å²) < 4.78 is 47.9. The van der Waals surface area contributed by atoms with Crippen LogP contribution < -0.4 is 15.2 Å². The number of nitrogens with one attached hydrogen (secondary N) is 1. The molecule has 1 aromatic carbocycles. The van der Waals surface area contributed by atoms with Crippen LogP contribution in [0.5, 0.6) is 11.5 Å². The summed E-state index contributed by atoms with van der Waals surface area (Å²) in [5.74, 6) is -0.872. The zero-order valence-corrected chi connectivity index (χ0v) is 12.4. The van der Waals surface area contributed by atoms with Crippen molar-refractivity contribution in [2.75, 3.05) is 26.2 Å². The first-order valence-electron chi connectivity index (χ1n) is 5.75. The summed E-state index contributed by atoms with van der Waals surface area (Å²) in [6.45, 7) is 0. The van der Waals surface area contributed by atoms with Crippen molar-refractivity contribution in [3.63, 3.8) is 0 Å². The van der Waals surface area contributed by atoms with Crippen LogP contribution >= 0.6 is 0 Å². The van der Waals surface area contributed by atoms with Crippen molar-refractivity contribution in [1.29, 1.82) is 0 Å². The zero-order valence-electron chi connectivity index (χ0n) is 11.6. The Bertz CT molecular complexity index is 786. The summed E-state index contributed by atoms with van der Waals surface area (Å²) in [5, 5.41) is 6.35. The molecule has 0 saturated heterocycles. The number of rotatable bonds is 4. The third-order valence-corrected chi connectivity index (χ3v) is 3.93. The van der Waals surface area contributed by atoms with Gasteiger partial charge in [0.05, 0.1) is 19.9 Å². The highest BCUT2D eigenvalue weighted by molar-refractivity contribution is 7.90. The fourth-order valence-corrected chi connectivity index (χ4v) is 2.93. The molecule has 0 saturated carbocycles. The number of hydrogen-bond donors (Lipinski definition) is 2. The molecule has 2 rings (SSSR count). The highest BCUT2D eigenvalue weighted by atomic mass is 32.2. The molecule has 114 valence electrons. The molecule has 0 atom stereocenters. The van der Waals surface area contributed by atoms with Crippen molar-refractivity contribution in [3.05, 3.63) is 17.9 Å². The van der Waals surface area contributed by atoms with E-state index < -0.39 is 20.5 Å². The lowest BCUT2D eigenvalue weighted by atomic mass is 10.1. The van der Waals surface area contributed by atoms with Crippen LogP contribution in [0.2, 0.25) is 0 Å². The number of nitrogens with two attached hydrogens (primary N) is 1. The maximum Gasteiger partial charge on any atom is 0.183 e. The van der Waals surface area contributed by atoms with Gasteiger partial charge in [-0.25, -0.2) is 12.8 Å². The van der Waals surface area contributed by atoms with E-state index >= 15 is 0 Å². The molecule has 0 spiro atoms. The highest BCUT2D eigenvalue weighted by Gasteiger charge is 2.27.